The van der Waals surface area contributed by atoms with Crippen LogP contribution in [0.5, 0.6) is 0 Å². The predicted octanol–water partition coefficient (Wildman–Crippen LogP) is -3.38. The summed E-state index contributed by atoms with van der Waals surface area (Å²) in [5, 5.41) is 0. The quantitative estimate of drug-likeness (QED) is 0.438. The molecule has 11 heavy (non-hydrogen) atoms. The highest BCUT2D eigenvalue weighted by Gasteiger charge is 2.20. The van der Waals surface area contributed by atoms with Crippen LogP contribution in [0.4, 0.5) is 0 Å². The largest absolute Gasteiger partial charge is 0.401 e. The SMILES string of the molecule is BOS(=O)(=O)OS(=O)(=O)OB. The van der Waals surface area contributed by atoms with Gasteiger partial charge in [0.1, 0.15) is 0 Å². The fraction of sp³-hybridized carbons (Fsp3) is 0. The molecule has 0 aromatic rings. The van der Waals surface area contributed by atoms with Crippen LogP contribution < -0.4 is 0 Å². The minimum Gasteiger partial charge on any atom is -0.321 e. The summed E-state index contributed by atoms with van der Waals surface area (Å²) in [6.07, 6.45) is 0. The Morgan fingerprint density at radius 3 is 1.27 bits per heavy atom. The summed E-state index contributed by atoms with van der Waals surface area (Å²) >= 11 is 0. The summed E-state index contributed by atoms with van der Waals surface area (Å²) in [7, 11) is -7.50. The molecule has 0 unspecified atom stereocenters. The molecule has 0 saturated carbocycles. The molecule has 11 heteroatoms. The molecule has 0 saturated heterocycles. The van der Waals surface area contributed by atoms with E-state index in [0.717, 1.165) is 16.1 Å². The van der Waals surface area contributed by atoms with Gasteiger partial charge >= 0.3 is 20.8 Å². The molecule has 0 aromatic carbocycles. The topological polar surface area (TPSA) is 96.0 Å². The van der Waals surface area contributed by atoms with Crippen molar-refractivity contribution in [3.8, 4) is 0 Å². The number of hydrogen-bond donors (Lipinski definition) is 0. The first-order valence-electron chi connectivity index (χ1n) is 2.15. The zero-order valence-electron chi connectivity index (χ0n) is 5.67. The van der Waals surface area contributed by atoms with Gasteiger partial charge in [0.2, 0.25) is 0 Å². The minimum atomic E-state index is -4.50. The van der Waals surface area contributed by atoms with Gasteiger partial charge in [0, 0.05) is 0 Å². The lowest BCUT2D eigenvalue weighted by Gasteiger charge is -2.00. The van der Waals surface area contributed by atoms with Crippen LogP contribution in [0.3, 0.4) is 0 Å². The van der Waals surface area contributed by atoms with Crippen LogP contribution in [0.1, 0.15) is 0 Å². The van der Waals surface area contributed by atoms with Crippen LogP contribution in [-0.4, -0.2) is 32.9 Å². The third-order valence-electron chi connectivity index (χ3n) is 0.575. The van der Waals surface area contributed by atoms with E-state index in [9.17, 15) is 16.8 Å². The maximum atomic E-state index is 10.3. The lowest BCUT2D eigenvalue weighted by molar-refractivity contribution is 0.364. The van der Waals surface area contributed by atoms with Gasteiger partial charge in [-0.1, -0.05) is 0 Å². The molecule has 0 radical (unpaired) electrons. The molecule has 0 fully saturated rings. The molecular formula is H4B2O7S2. The lowest BCUT2D eigenvalue weighted by Crippen LogP contribution is -2.16. The number of rotatable bonds is 4. The summed E-state index contributed by atoms with van der Waals surface area (Å²) in [6, 6.07) is 0. The smallest absolute Gasteiger partial charge is 0.321 e. The van der Waals surface area contributed by atoms with Crippen LogP contribution in [0.25, 0.3) is 0 Å². The van der Waals surface area contributed by atoms with Crippen molar-refractivity contribution in [3.05, 3.63) is 0 Å². The highest BCUT2D eigenvalue weighted by atomic mass is 32.3. The molecule has 64 valence electrons. The van der Waals surface area contributed by atoms with Gasteiger partial charge in [0.25, 0.3) is 16.1 Å². The van der Waals surface area contributed by atoms with Gasteiger partial charge < -0.3 is 8.20 Å². The average Bonchev–Trinajstić information content (AvgIpc) is 1.86. The Balaban J connectivity index is 4.54. The van der Waals surface area contributed by atoms with Crippen molar-refractivity contribution in [1.29, 1.82) is 0 Å². The van der Waals surface area contributed by atoms with E-state index < -0.39 is 20.8 Å². The normalized spacial score (nSPS) is 13.1. The Morgan fingerprint density at radius 2 is 1.09 bits per heavy atom. The van der Waals surface area contributed by atoms with Crippen molar-refractivity contribution in [2.45, 2.75) is 0 Å². The highest BCUT2D eigenvalue weighted by molar-refractivity contribution is 7.95. The van der Waals surface area contributed by atoms with Crippen LogP contribution in [0, 0.1) is 0 Å². The number of hydrogen-bond acceptors (Lipinski definition) is 7. The monoisotopic (exact) mass is 202 g/mol. The zero-order valence-corrected chi connectivity index (χ0v) is 7.31. The van der Waals surface area contributed by atoms with Gasteiger partial charge in [-0.05, 0) is 0 Å². The van der Waals surface area contributed by atoms with Gasteiger partial charge in [0.05, 0.1) is 0 Å². The van der Waals surface area contributed by atoms with E-state index in [1.807, 2.05) is 0 Å². The van der Waals surface area contributed by atoms with Crippen LogP contribution in [0.2, 0.25) is 0 Å². The molecule has 0 N–H and O–H groups in total. The first-order chi connectivity index (χ1) is 4.83. The van der Waals surface area contributed by atoms with Crippen molar-refractivity contribution in [2.75, 3.05) is 0 Å². The van der Waals surface area contributed by atoms with Gasteiger partial charge in [-0.15, -0.1) is 3.63 Å². The molecule has 0 aliphatic rings. The van der Waals surface area contributed by atoms with Crippen molar-refractivity contribution in [3.63, 3.8) is 0 Å². The van der Waals surface area contributed by atoms with E-state index >= 15 is 0 Å². The van der Waals surface area contributed by atoms with E-state index in [0.29, 0.717) is 0 Å². The van der Waals surface area contributed by atoms with Gasteiger partial charge in [-0.3, -0.25) is 0 Å². The molecule has 0 amide bonds. The zero-order chi connectivity index (χ0) is 9.12. The molecule has 0 aliphatic carbocycles. The lowest BCUT2D eigenvalue weighted by atomic mass is 10.6. The summed E-state index contributed by atoms with van der Waals surface area (Å²) in [5.41, 5.74) is 0. The molecule has 0 aromatic heterocycles. The molecule has 0 heterocycles. The maximum absolute atomic E-state index is 10.3. The van der Waals surface area contributed by atoms with Crippen LogP contribution in [0.15, 0.2) is 0 Å². The first-order valence-corrected chi connectivity index (χ1v) is 4.82. The van der Waals surface area contributed by atoms with Gasteiger partial charge in [-0.2, -0.15) is 16.8 Å². The van der Waals surface area contributed by atoms with Crippen molar-refractivity contribution < 1.29 is 28.7 Å². The van der Waals surface area contributed by atoms with E-state index in [4.69, 9.17) is 0 Å². The molecule has 0 aliphatic heterocycles. The van der Waals surface area contributed by atoms with Gasteiger partial charge in [-0.25, -0.2) is 0 Å². The maximum Gasteiger partial charge on any atom is 0.401 e. The second kappa shape index (κ2) is 3.54. The third kappa shape index (κ3) is 4.37. The second-order valence-electron chi connectivity index (χ2n) is 1.22. The molecule has 7 nitrogen and oxygen atoms in total. The molecular weight excluding hydrogens is 198 g/mol. The molecule has 0 atom stereocenters. The van der Waals surface area contributed by atoms with Crippen molar-refractivity contribution in [2.24, 2.45) is 0 Å². The Bertz CT molecular complexity index is 263. The fourth-order valence-corrected chi connectivity index (χ4v) is 1.42. The fourth-order valence-electron chi connectivity index (χ4n) is 0.158. The Morgan fingerprint density at radius 1 is 0.818 bits per heavy atom. The first kappa shape index (κ1) is 10.9. The molecule has 0 rings (SSSR count). The summed E-state index contributed by atoms with van der Waals surface area (Å²) < 4.78 is 51.8. The average molecular weight is 202 g/mol. The minimum absolute atomic E-state index is 0.751. The van der Waals surface area contributed by atoms with E-state index in [2.05, 4.69) is 11.8 Å². The van der Waals surface area contributed by atoms with Gasteiger partial charge in [0.15, 0.2) is 0 Å². The summed E-state index contributed by atoms with van der Waals surface area (Å²) in [5.74, 6) is 0. The highest BCUT2D eigenvalue weighted by Crippen LogP contribution is 2.00. The summed E-state index contributed by atoms with van der Waals surface area (Å²) in [6.45, 7) is 0. The third-order valence-corrected chi connectivity index (χ3v) is 2.72. The van der Waals surface area contributed by atoms with Crippen molar-refractivity contribution >= 4 is 36.9 Å². The standard InChI is InChI=1S/B2H4O7S2/c1-7-10(3,4)9-11(5,6)8-2/h1-2H2. The predicted molar refractivity (Wildman–Crippen MR) is 38.2 cm³/mol. The van der Waals surface area contributed by atoms with Crippen LogP contribution in [-0.2, 0) is 32.6 Å². The van der Waals surface area contributed by atoms with Crippen molar-refractivity contribution in [1.82, 2.24) is 0 Å². The van der Waals surface area contributed by atoms with E-state index in [-0.39, 0.29) is 0 Å². The van der Waals surface area contributed by atoms with E-state index in [1.165, 1.54) is 0 Å². The molecule has 0 spiro atoms. The summed E-state index contributed by atoms with van der Waals surface area (Å²) in [4.78, 5) is 0. The van der Waals surface area contributed by atoms with E-state index in [1.54, 1.807) is 0 Å². The molecule has 0 bridgehead atoms. The Labute approximate surface area is 66.2 Å². The van der Waals surface area contributed by atoms with Crippen LogP contribution >= 0.6 is 0 Å². The Hall–Kier alpha value is -0.0901. The second-order valence-corrected chi connectivity index (χ2v) is 4.06. The Kier molecular flexibility index (Phi) is 3.51.